The minimum atomic E-state index is -1.01. The van der Waals surface area contributed by atoms with Crippen LogP contribution < -0.4 is 5.32 Å². The Bertz CT molecular complexity index is 722. The average molecular weight is 382 g/mol. The number of halogens is 3. The lowest BCUT2D eigenvalue weighted by molar-refractivity contribution is 0.0641. The van der Waals surface area contributed by atoms with Gasteiger partial charge in [-0.05, 0) is 62.7 Å². The number of amides is 1. The first-order chi connectivity index (χ1) is 12.1. The van der Waals surface area contributed by atoms with Crippen molar-refractivity contribution in [1.29, 1.82) is 0 Å². The fourth-order valence-corrected chi connectivity index (χ4v) is 3.14. The van der Waals surface area contributed by atoms with Crippen LogP contribution in [0.2, 0.25) is 0 Å². The van der Waals surface area contributed by atoms with E-state index in [1.165, 1.54) is 6.07 Å². The summed E-state index contributed by atoms with van der Waals surface area (Å²) in [5, 5.41) is 3.33. The number of carbonyl (C=O) groups is 1. The second-order valence-corrected chi connectivity index (χ2v) is 6.22. The number of rotatable bonds is 4. The fourth-order valence-electron chi connectivity index (χ4n) is 3.14. The van der Waals surface area contributed by atoms with Crippen molar-refractivity contribution in [3.63, 3.8) is 0 Å². The molecule has 0 spiro atoms. The first kappa shape index (κ1) is 20.3. The molecule has 1 amide bonds. The number of nitrogens with one attached hydrogen (secondary N) is 1. The monoisotopic (exact) mass is 381 g/mol. The first-order valence-corrected chi connectivity index (χ1v) is 8.52. The van der Waals surface area contributed by atoms with Crippen LogP contribution in [0.15, 0.2) is 42.6 Å². The van der Waals surface area contributed by atoms with Crippen molar-refractivity contribution >= 4 is 18.3 Å². The summed E-state index contributed by atoms with van der Waals surface area (Å²) in [5.74, 6) is -2.26. The second kappa shape index (κ2) is 9.59. The normalized spacial score (nSPS) is 17.1. The molecule has 0 saturated carbocycles. The minimum Gasteiger partial charge on any atom is -0.330 e. The average Bonchev–Trinajstić information content (AvgIpc) is 2.91. The molecule has 1 N–H and O–H groups in total. The van der Waals surface area contributed by atoms with Crippen LogP contribution in [0.1, 0.15) is 35.3 Å². The Kier molecular flexibility index (Phi) is 7.48. The molecule has 1 aromatic heterocycles. The molecule has 4 nitrogen and oxygen atoms in total. The Balaban J connectivity index is 0.00000243. The van der Waals surface area contributed by atoms with Gasteiger partial charge in [0.2, 0.25) is 0 Å². The molecular weight excluding hydrogens is 360 g/mol. The maximum Gasteiger partial charge on any atom is 0.254 e. The van der Waals surface area contributed by atoms with E-state index >= 15 is 0 Å². The first-order valence-electron chi connectivity index (χ1n) is 8.52. The predicted octanol–water partition coefficient (Wildman–Crippen LogP) is 3.57. The number of carbonyl (C=O) groups excluding carboxylic acids is 1. The van der Waals surface area contributed by atoms with E-state index in [9.17, 15) is 13.6 Å². The number of pyridine rings is 1. The third-order valence-corrected chi connectivity index (χ3v) is 4.47. The van der Waals surface area contributed by atoms with Crippen LogP contribution in [0.3, 0.4) is 0 Å². The molecule has 26 heavy (non-hydrogen) atoms. The van der Waals surface area contributed by atoms with Gasteiger partial charge < -0.3 is 10.2 Å². The summed E-state index contributed by atoms with van der Waals surface area (Å²) >= 11 is 0. The van der Waals surface area contributed by atoms with Gasteiger partial charge in [0.05, 0.1) is 12.2 Å². The van der Waals surface area contributed by atoms with E-state index in [1.807, 2.05) is 18.2 Å². The van der Waals surface area contributed by atoms with Crippen LogP contribution in [0.25, 0.3) is 0 Å². The second-order valence-electron chi connectivity index (χ2n) is 6.22. The summed E-state index contributed by atoms with van der Waals surface area (Å²) in [6.45, 7) is 2.10. The Morgan fingerprint density at radius 1 is 1.15 bits per heavy atom. The number of benzene rings is 1. The lowest BCUT2D eigenvalue weighted by Crippen LogP contribution is -2.40. The van der Waals surface area contributed by atoms with Gasteiger partial charge in [-0.15, -0.1) is 12.4 Å². The third-order valence-electron chi connectivity index (χ3n) is 4.47. The zero-order valence-electron chi connectivity index (χ0n) is 14.3. The maximum atomic E-state index is 13.6. The molecule has 0 aliphatic carbocycles. The van der Waals surface area contributed by atoms with Crippen LogP contribution in [0.4, 0.5) is 8.78 Å². The van der Waals surface area contributed by atoms with E-state index in [2.05, 4.69) is 10.3 Å². The highest BCUT2D eigenvalue weighted by Crippen LogP contribution is 2.20. The minimum absolute atomic E-state index is 0. The molecule has 1 aliphatic heterocycles. The highest BCUT2D eigenvalue weighted by Gasteiger charge is 2.26. The van der Waals surface area contributed by atoms with Gasteiger partial charge in [-0.3, -0.25) is 9.78 Å². The zero-order chi connectivity index (χ0) is 17.6. The van der Waals surface area contributed by atoms with Crippen molar-refractivity contribution in [2.24, 2.45) is 0 Å². The van der Waals surface area contributed by atoms with Gasteiger partial charge in [0, 0.05) is 17.8 Å². The number of nitrogens with zero attached hydrogens (tertiary/aromatic N) is 2. The van der Waals surface area contributed by atoms with E-state index in [0.29, 0.717) is 6.54 Å². The predicted molar refractivity (Wildman–Crippen MR) is 98.2 cm³/mol. The molecule has 3 rings (SSSR count). The van der Waals surface area contributed by atoms with Crippen molar-refractivity contribution in [2.75, 3.05) is 13.1 Å². The molecule has 1 saturated heterocycles. The molecule has 1 unspecified atom stereocenters. The van der Waals surface area contributed by atoms with Crippen molar-refractivity contribution in [3.8, 4) is 0 Å². The van der Waals surface area contributed by atoms with Gasteiger partial charge in [0.15, 0.2) is 11.6 Å². The smallest absolute Gasteiger partial charge is 0.254 e. The van der Waals surface area contributed by atoms with Gasteiger partial charge in [0.1, 0.15) is 0 Å². The Labute approximate surface area is 158 Å². The van der Waals surface area contributed by atoms with E-state index in [0.717, 1.165) is 50.2 Å². The van der Waals surface area contributed by atoms with Gasteiger partial charge in [-0.2, -0.15) is 0 Å². The van der Waals surface area contributed by atoms with Gasteiger partial charge in [0.25, 0.3) is 5.91 Å². The summed E-state index contributed by atoms with van der Waals surface area (Å²) in [6, 6.07) is 8.89. The third kappa shape index (κ3) is 4.99. The van der Waals surface area contributed by atoms with Gasteiger partial charge in [-0.25, -0.2) is 8.78 Å². The largest absolute Gasteiger partial charge is 0.330 e. The quantitative estimate of drug-likeness (QED) is 0.880. The summed E-state index contributed by atoms with van der Waals surface area (Å²) in [7, 11) is 0. The van der Waals surface area contributed by atoms with E-state index in [1.54, 1.807) is 11.1 Å². The molecule has 1 aromatic carbocycles. The molecule has 0 radical (unpaired) electrons. The zero-order valence-corrected chi connectivity index (χ0v) is 15.1. The molecule has 140 valence electrons. The Morgan fingerprint density at radius 3 is 2.73 bits per heavy atom. The van der Waals surface area contributed by atoms with Crippen molar-refractivity contribution < 1.29 is 13.6 Å². The van der Waals surface area contributed by atoms with E-state index in [-0.39, 0.29) is 29.9 Å². The number of hydrogen-bond acceptors (Lipinski definition) is 3. The molecule has 1 fully saturated rings. The molecule has 1 aliphatic rings. The van der Waals surface area contributed by atoms with Crippen LogP contribution >= 0.6 is 12.4 Å². The number of hydrogen-bond donors (Lipinski definition) is 1. The lowest BCUT2D eigenvalue weighted by atomic mass is 10.0. The highest BCUT2D eigenvalue weighted by atomic mass is 35.5. The summed E-state index contributed by atoms with van der Waals surface area (Å²) < 4.78 is 26.8. The number of aromatic nitrogens is 1. The Hall–Kier alpha value is -2.05. The molecule has 1 atom stereocenters. The van der Waals surface area contributed by atoms with Crippen molar-refractivity contribution in [1.82, 2.24) is 15.2 Å². The Morgan fingerprint density at radius 2 is 2.00 bits per heavy atom. The molecule has 0 bridgehead atoms. The van der Waals surface area contributed by atoms with Crippen LogP contribution in [-0.2, 0) is 6.54 Å². The lowest BCUT2D eigenvalue weighted by Gasteiger charge is -2.31. The molecule has 2 aromatic rings. The van der Waals surface area contributed by atoms with Crippen molar-refractivity contribution in [2.45, 2.75) is 31.8 Å². The van der Waals surface area contributed by atoms with Gasteiger partial charge in [-0.1, -0.05) is 6.07 Å². The van der Waals surface area contributed by atoms with E-state index < -0.39 is 11.6 Å². The van der Waals surface area contributed by atoms with E-state index in [4.69, 9.17) is 0 Å². The summed E-state index contributed by atoms with van der Waals surface area (Å²) in [6.07, 6.45) is 4.34. The molecule has 2 heterocycles. The molecule has 7 heteroatoms. The maximum absolute atomic E-state index is 13.6. The van der Waals surface area contributed by atoms with Crippen LogP contribution in [0, 0.1) is 11.6 Å². The topological polar surface area (TPSA) is 45.2 Å². The standard InChI is InChI=1S/C19H21F2N3O.ClH/c20-17-7-6-14(12-18(17)21)19(25)24(13-15-4-1-2-10-23-15)16-5-3-9-22-11-8-16;/h1-2,4,6-7,10,12,16,22H,3,5,8-9,11,13H2;1H. The fraction of sp³-hybridized carbons (Fsp3) is 0.368. The van der Waals surface area contributed by atoms with Crippen LogP contribution in [-0.4, -0.2) is 34.9 Å². The SMILES string of the molecule is Cl.O=C(c1ccc(F)c(F)c1)N(Cc1ccccn1)C1CCCNCC1. The van der Waals surface area contributed by atoms with Crippen molar-refractivity contribution in [3.05, 3.63) is 65.5 Å². The molecular formula is C19H22ClF2N3O. The van der Waals surface area contributed by atoms with Crippen LogP contribution in [0.5, 0.6) is 0 Å². The summed E-state index contributed by atoms with van der Waals surface area (Å²) in [4.78, 5) is 19.1. The van der Waals surface area contributed by atoms with Gasteiger partial charge >= 0.3 is 0 Å². The summed E-state index contributed by atoms with van der Waals surface area (Å²) in [5.41, 5.74) is 0.933. The highest BCUT2D eigenvalue weighted by molar-refractivity contribution is 5.94.